The quantitative estimate of drug-likeness (QED) is 0.184. The largest absolute Gasteiger partial charge is 0.465 e. The van der Waals surface area contributed by atoms with Crippen LogP contribution in [0.25, 0.3) is 0 Å². The second-order valence-electron chi connectivity index (χ2n) is 10.4. The summed E-state index contributed by atoms with van der Waals surface area (Å²) in [5.74, 6) is -2.91. The molecule has 2 bridgehead atoms. The smallest absolute Gasteiger partial charge is 0.312 e. The van der Waals surface area contributed by atoms with Crippen molar-refractivity contribution in [2.45, 2.75) is 68.6 Å². The molecule has 1 aromatic rings. The van der Waals surface area contributed by atoms with Crippen LogP contribution in [0.3, 0.4) is 0 Å². The van der Waals surface area contributed by atoms with E-state index in [-0.39, 0.29) is 36.4 Å². The molecule has 2 amide bonds. The van der Waals surface area contributed by atoms with E-state index >= 15 is 0 Å². The summed E-state index contributed by atoms with van der Waals surface area (Å²) < 4.78 is 12.1. The molecule has 7 atom stereocenters. The lowest BCUT2D eigenvalue weighted by atomic mass is 9.70. The normalized spacial score (nSPS) is 30.2. The number of anilines is 1. The maximum absolute atomic E-state index is 14.6. The summed E-state index contributed by atoms with van der Waals surface area (Å²) >= 11 is 3.67. The average molecular weight is 590 g/mol. The Bertz CT molecular complexity index is 1120. The van der Waals surface area contributed by atoms with E-state index in [9.17, 15) is 19.5 Å². The Kier molecular flexibility index (Phi) is 8.49. The molecule has 0 saturated carbocycles. The zero-order valence-corrected chi connectivity index (χ0v) is 23.9. The molecular weight excluding hydrogens is 552 g/mol. The molecule has 3 aliphatic rings. The number of fused-ring (bicyclic) bond motifs is 1. The van der Waals surface area contributed by atoms with Gasteiger partial charge in [0, 0.05) is 17.1 Å². The molecule has 206 valence electrons. The van der Waals surface area contributed by atoms with E-state index < -0.39 is 41.6 Å². The number of carbonyl (C=O) groups excluding carboxylic acids is 3. The minimum absolute atomic E-state index is 0.159. The Morgan fingerprint density at radius 2 is 2.08 bits per heavy atom. The molecule has 3 aliphatic heterocycles. The molecule has 1 aromatic carbocycles. The van der Waals surface area contributed by atoms with Crippen LogP contribution in [0.5, 0.6) is 0 Å². The zero-order valence-electron chi connectivity index (χ0n) is 22.3. The summed E-state index contributed by atoms with van der Waals surface area (Å²) in [5.41, 5.74) is 1.39. The van der Waals surface area contributed by atoms with Crippen molar-refractivity contribution in [2.24, 2.45) is 11.8 Å². The molecule has 4 rings (SSSR count). The highest BCUT2D eigenvalue weighted by atomic mass is 79.9. The van der Waals surface area contributed by atoms with Crippen LogP contribution in [0.1, 0.15) is 37.3 Å². The molecule has 3 heterocycles. The van der Waals surface area contributed by atoms with Crippen molar-refractivity contribution < 1.29 is 29.0 Å². The minimum Gasteiger partial charge on any atom is -0.465 e. The van der Waals surface area contributed by atoms with Crippen molar-refractivity contribution >= 4 is 39.4 Å². The van der Waals surface area contributed by atoms with Gasteiger partial charge in [-0.05, 0) is 50.3 Å². The predicted octanol–water partition coefficient (Wildman–Crippen LogP) is 3.46. The average Bonchev–Trinajstić information content (AvgIpc) is 3.48. The third kappa shape index (κ3) is 4.52. The van der Waals surface area contributed by atoms with E-state index in [1.807, 2.05) is 39.0 Å². The highest BCUT2D eigenvalue weighted by molar-refractivity contribution is 9.09. The lowest BCUT2D eigenvalue weighted by molar-refractivity contribution is -0.155. The summed E-state index contributed by atoms with van der Waals surface area (Å²) in [7, 11) is 0. The summed E-state index contributed by atoms with van der Waals surface area (Å²) in [4.78, 5) is 44.9. The van der Waals surface area contributed by atoms with Crippen molar-refractivity contribution in [3.05, 3.63) is 54.6 Å². The van der Waals surface area contributed by atoms with E-state index in [0.717, 1.165) is 16.8 Å². The lowest BCUT2D eigenvalue weighted by Crippen LogP contribution is -2.59. The van der Waals surface area contributed by atoms with Gasteiger partial charge < -0.3 is 24.4 Å². The van der Waals surface area contributed by atoms with E-state index in [1.54, 1.807) is 17.1 Å². The lowest BCUT2D eigenvalue weighted by Gasteiger charge is -2.39. The second-order valence-corrected chi connectivity index (χ2v) is 11.6. The van der Waals surface area contributed by atoms with Gasteiger partial charge in [0.05, 0.1) is 37.2 Å². The molecular formula is C29H37BrN2O6. The van der Waals surface area contributed by atoms with Gasteiger partial charge in [-0.2, -0.15) is 0 Å². The Labute approximate surface area is 232 Å². The number of carbonyl (C=O) groups is 3. The Hall–Kier alpha value is -2.49. The fourth-order valence-electron chi connectivity index (χ4n) is 6.36. The molecule has 0 aliphatic carbocycles. The number of hydrogen-bond donors (Lipinski definition) is 1. The van der Waals surface area contributed by atoms with Crippen LogP contribution in [0.15, 0.2) is 43.5 Å². The summed E-state index contributed by atoms with van der Waals surface area (Å²) in [6, 6.07) is 4.25. The number of likely N-dealkylation sites (tertiary alicyclic amines) is 1. The van der Waals surface area contributed by atoms with E-state index in [0.29, 0.717) is 19.3 Å². The van der Waals surface area contributed by atoms with Crippen LogP contribution >= 0.6 is 15.9 Å². The van der Waals surface area contributed by atoms with Crippen molar-refractivity contribution in [2.75, 3.05) is 24.7 Å². The van der Waals surface area contributed by atoms with E-state index in [2.05, 4.69) is 29.1 Å². The third-order valence-corrected chi connectivity index (χ3v) is 8.95. The van der Waals surface area contributed by atoms with Gasteiger partial charge in [-0.25, -0.2) is 0 Å². The molecule has 1 spiro atoms. The topological polar surface area (TPSA) is 96.4 Å². The van der Waals surface area contributed by atoms with E-state index in [1.165, 1.54) is 4.90 Å². The van der Waals surface area contributed by atoms with Gasteiger partial charge in [-0.15, -0.1) is 13.2 Å². The number of hydrogen-bond acceptors (Lipinski definition) is 6. The van der Waals surface area contributed by atoms with Crippen molar-refractivity contribution in [3.8, 4) is 0 Å². The number of rotatable bonds is 11. The van der Waals surface area contributed by atoms with Crippen LogP contribution in [0.4, 0.5) is 5.69 Å². The van der Waals surface area contributed by atoms with Crippen LogP contribution < -0.4 is 4.90 Å². The van der Waals surface area contributed by atoms with Gasteiger partial charge in [-0.3, -0.25) is 14.4 Å². The number of aliphatic hydroxyl groups excluding tert-OH is 1. The summed E-state index contributed by atoms with van der Waals surface area (Å²) in [6.45, 7) is 13.3. The standard InChI is InChI=1S/C29H37BrN2O6/c1-6-9-13-37-28(36)22-23-26(34)32(19(8-3)16-33)25(29(23)15-20(30)24(22)38-29)27(35)31(12-7-2)21-14-17(4)10-11-18(21)5/h6-7,10-11,14,19-20,22-25,33H,1-2,8-9,12-13,15-16H2,3-5H3/t19-,20?,22-,23-,24-,25?,29?/m0/s1. The highest BCUT2D eigenvalue weighted by Crippen LogP contribution is 2.61. The van der Waals surface area contributed by atoms with Crippen LogP contribution in [-0.2, 0) is 23.9 Å². The fourth-order valence-corrected chi connectivity index (χ4v) is 7.30. The Morgan fingerprint density at radius 1 is 1.34 bits per heavy atom. The van der Waals surface area contributed by atoms with Crippen LogP contribution in [0.2, 0.25) is 0 Å². The Balaban J connectivity index is 1.82. The van der Waals surface area contributed by atoms with Gasteiger partial charge in [0.15, 0.2) is 0 Å². The zero-order chi connectivity index (χ0) is 27.8. The first-order chi connectivity index (χ1) is 18.2. The van der Waals surface area contributed by atoms with Gasteiger partial charge >= 0.3 is 5.97 Å². The Morgan fingerprint density at radius 3 is 2.71 bits per heavy atom. The number of aryl methyl sites for hydroxylation is 2. The van der Waals surface area contributed by atoms with Crippen LogP contribution in [-0.4, -0.2) is 76.2 Å². The number of amides is 2. The van der Waals surface area contributed by atoms with Gasteiger partial charge in [0.2, 0.25) is 5.91 Å². The van der Waals surface area contributed by atoms with Crippen LogP contribution in [0, 0.1) is 25.7 Å². The molecule has 1 N–H and O–H groups in total. The van der Waals surface area contributed by atoms with Crippen molar-refractivity contribution in [3.63, 3.8) is 0 Å². The number of halogens is 1. The molecule has 8 nitrogen and oxygen atoms in total. The summed E-state index contributed by atoms with van der Waals surface area (Å²) in [6.07, 6.45) is 4.03. The molecule has 3 fully saturated rings. The number of aliphatic hydroxyl groups is 1. The third-order valence-electron chi connectivity index (χ3n) is 8.11. The van der Waals surface area contributed by atoms with Gasteiger partial charge in [0.1, 0.15) is 11.6 Å². The molecule has 9 heteroatoms. The highest BCUT2D eigenvalue weighted by Gasteiger charge is 2.77. The first kappa shape index (κ1) is 28.5. The molecule has 38 heavy (non-hydrogen) atoms. The number of ether oxygens (including phenoxy) is 2. The van der Waals surface area contributed by atoms with Crippen molar-refractivity contribution in [1.82, 2.24) is 4.90 Å². The number of alkyl halides is 1. The SMILES string of the molecule is C=CCCOC(=O)[C@H]1[C@H]2C(=O)N([C@@H](CC)CO)C(C(=O)N(CC=C)c3cc(C)ccc3C)C23CC(Br)[C@@H]1O3. The maximum atomic E-state index is 14.6. The second kappa shape index (κ2) is 11.3. The number of nitrogens with zero attached hydrogens (tertiary/aromatic N) is 2. The predicted molar refractivity (Wildman–Crippen MR) is 148 cm³/mol. The molecule has 3 unspecified atom stereocenters. The molecule has 0 radical (unpaired) electrons. The molecule has 0 aromatic heterocycles. The summed E-state index contributed by atoms with van der Waals surface area (Å²) in [5, 5.41) is 10.3. The van der Waals surface area contributed by atoms with E-state index in [4.69, 9.17) is 9.47 Å². The minimum atomic E-state index is -1.23. The number of esters is 1. The maximum Gasteiger partial charge on any atom is 0.312 e. The van der Waals surface area contributed by atoms with Gasteiger partial charge in [-0.1, -0.05) is 47.1 Å². The first-order valence-corrected chi connectivity index (χ1v) is 14.1. The molecule has 3 saturated heterocycles. The number of benzene rings is 1. The fraction of sp³-hybridized carbons (Fsp3) is 0.552. The van der Waals surface area contributed by atoms with Crippen molar-refractivity contribution in [1.29, 1.82) is 0 Å². The monoisotopic (exact) mass is 588 g/mol. The first-order valence-electron chi connectivity index (χ1n) is 13.2. The van der Waals surface area contributed by atoms with Gasteiger partial charge in [0.25, 0.3) is 5.91 Å².